The third kappa shape index (κ3) is 3.29. The van der Waals surface area contributed by atoms with Gasteiger partial charge in [-0.3, -0.25) is 9.59 Å². The molecule has 2 N–H and O–H groups in total. The molecular formula is C16H21N3O4S. The van der Waals surface area contributed by atoms with Crippen LogP contribution in [0.25, 0.3) is 0 Å². The molecule has 0 radical (unpaired) electrons. The molecule has 0 aromatic heterocycles. The molecule has 2 aliphatic heterocycles. The van der Waals surface area contributed by atoms with Crippen LogP contribution in [0.5, 0.6) is 0 Å². The van der Waals surface area contributed by atoms with Gasteiger partial charge in [0.2, 0.25) is 21.8 Å². The molecular weight excluding hydrogens is 330 g/mol. The number of benzene rings is 1. The van der Waals surface area contributed by atoms with Crippen LogP contribution < -0.4 is 10.6 Å². The van der Waals surface area contributed by atoms with Crippen molar-refractivity contribution < 1.29 is 18.0 Å². The van der Waals surface area contributed by atoms with E-state index in [1.165, 1.54) is 10.6 Å². The maximum atomic E-state index is 12.4. The Bertz CT molecular complexity index is 783. The van der Waals surface area contributed by atoms with Crippen LogP contribution in [0.4, 0.5) is 11.4 Å². The van der Waals surface area contributed by atoms with Gasteiger partial charge in [-0.25, -0.2) is 12.7 Å². The molecule has 0 aliphatic carbocycles. The van der Waals surface area contributed by atoms with E-state index >= 15 is 0 Å². The molecule has 7 nitrogen and oxygen atoms in total. The number of nitrogens with zero attached hydrogens (tertiary/aromatic N) is 1. The van der Waals surface area contributed by atoms with Crippen LogP contribution >= 0.6 is 0 Å². The molecule has 1 saturated heterocycles. The number of nitrogens with one attached hydrogen (secondary N) is 2. The van der Waals surface area contributed by atoms with E-state index in [9.17, 15) is 18.0 Å². The van der Waals surface area contributed by atoms with Gasteiger partial charge in [0.05, 0.1) is 12.2 Å². The van der Waals surface area contributed by atoms with E-state index in [-0.39, 0.29) is 23.7 Å². The highest BCUT2D eigenvalue weighted by Crippen LogP contribution is 2.34. The summed E-state index contributed by atoms with van der Waals surface area (Å²) < 4.78 is 24.4. The van der Waals surface area contributed by atoms with Crippen molar-refractivity contribution in [3.05, 3.63) is 23.8 Å². The van der Waals surface area contributed by atoms with E-state index < -0.39 is 10.0 Å². The summed E-state index contributed by atoms with van der Waals surface area (Å²) in [6.07, 6.45) is 2.22. The first-order valence-corrected chi connectivity index (χ1v) is 9.81. The molecule has 0 bridgehead atoms. The molecule has 1 aromatic rings. The lowest BCUT2D eigenvalue weighted by molar-refractivity contribution is -0.121. The zero-order chi connectivity index (χ0) is 17.5. The third-order valence-corrected chi connectivity index (χ3v) is 6.03. The summed E-state index contributed by atoms with van der Waals surface area (Å²) in [5, 5.41) is 5.68. The van der Waals surface area contributed by atoms with E-state index in [1.54, 1.807) is 12.1 Å². The molecule has 2 aliphatic rings. The summed E-state index contributed by atoms with van der Waals surface area (Å²) in [5.41, 5.74) is 2.32. The van der Waals surface area contributed by atoms with Crippen LogP contribution in [0.1, 0.15) is 31.2 Å². The van der Waals surface area contributed by atoms with Crippen molar-refractivity contribution in [3.63, 3.8) is 0 Å². The van der Waals surface area contributed by atoms with Gasteiger partial charge in [0, 0.05) is 30.4 Å². The van der Waals surface area contributed by atoms with Crippen molar-refractivity contribution in [1.82, 2.24) is 4.31 Å². The maximum absolute atomic E-state index is 12.4. The minimum absolute atomic E-state index is 0.0402. The minimum Gasteiger partial charge on any atom is -0.326 e. The molecule has 1 atom stereocenters. The monoisotopic (exact) mass is 351 g/mol. The Morgan fingerprint density at radius 2 is 1.96 bits per heavy atom. The zero-order valence-electron chi connectivity index (χ0n) is 13.7. The number of piperidine rings is 1. The fourth-order valence-corrected chi connectivity index (χ4v) is 4.06. The number of rotatable bonds is 3. The second-order valence-corrected chi connectivity index (χ2v) is 8.42. The normalized spacial score (nSPS) is 22.1. The van der Waals surface area contributed by atoms with Gasteiger partial charge in [0.15, 0.2) is 0 Å². The molecule has 0 saturated carbocycles. The number of hydrogen-bond donors (Lipinski definition) is 2. The molecule has 130 valence electrons. The van der Waals surface area contributed by atoms with E-state index in [1.807, 2.05) is 13.0 Å². The number of sulfonamides is 1. The average molecular weight is 351 g/mol. The van der Waals surface area contributed by atoms with Crippen molar-refractivity contribution in [2.45, 2.75) is 25.7 Å². The van der Waals surface area contributed by atoms with Gasteiger partial charge in [-0.1, -0.05) is 0 Å². The Kier molecular flexibility index (Phi) is 4.35. The Morgan fingerprint density at radius 1 is 1.29 bits per heavy atom. The average Bonchev–Trinajstić information content (AvgIpc) is 2.81. The Morgan fingerprint density at radius 3 is 2.58 bits per heavy atom. The molecule has 1 aromatic carbocycles. The molecule has 3 rings (SSSR count). The highest BCUT2D eigenvalue weighted by molar-refractivity contribution is 7.88. The number of hydrogen-bond acceptors (Lipinski definition) is 4. The van der Waals surface area contributed by atoms with Crippen molar-refractivity contribution in [1.29, 1.82) is 0 Å². The molecule has 2 amide bonds. The topological polar surface area (TPSA) is 95.6 Å². The summed E-state index contributed by atoms with van der Waals surface area (Å²) >= 11 is 0. The Labute approximate surface area is 141 Å². The quantitative estimate of drug-likeness (QED) is 0.859. The summed E-state index contributed by atoms with van der Waals surface area (Å²) in [7, 11) is -3.19. The first-order chi connectivity index (χ1) is 11.3. The van der Waals surface area contributed by atoms with Gasteiger partial charge in [0.25, 0.3) is 0 Å². The van der Waals surface area contributed by atoms with Gasteiger partial charge >= 0.3 is 0 Å². The summed E-state index contributed by atoms with van der Waals surface area (Å²) in [5.74, 6) is -0.571. The summed E-state index contributed by atoms with van der Waals surface area (Å²) in [4.78, 5) is 24.1. The standard InChI is InChI=1S/C16H21N3O4S/c1-10-13-9-12(3-4-14(13)18-15(10)20)17-16(21)11-5-7-19(8-6-11)24(2,22)23/h3-4,9-11H,5-8H2,1-2H3,(H,17,21)(H,18,20). The van der Waals surface area contributed by atoms with Gasteiger partial charge in [0.1, 0.15) is 0 Å². The van der Waals surface area contributed by atoms with Crippen molar-refractivity contribution in [3.8, 4) is 0 Å². The van der Waals surface area contributed by atoms with Gasteiger partial charge in [-0.2, -0.15) is 0 Å². The lowest BCUT2D eigenvalue weighted by Gasteiger charge is -2.29. The predicted molar refractivity (Wildman–Crippen MR) is 91.3 cm³/mol. The SMILES string of the molecule is CC1C(=O)Nc2ccc(NC(=O)C3CCN(S(C)(=O)=O)CC3)cc21. The lowest BCUT2D eigenvalue weighted by Crippen LogP contribution is -2.40. The lowest BCUT2D eigenvalue weighted by atomic mass is 9.97. The van der Waals surface area contributed by atoms with Crippen LogP contribution in [-0.4, -0.2) is 43.9 Å². The van der Waals surface area contributed by atoms with Crippen molar-refractivity contribution >= 4 is 33.2 Å². The summed E-state index contributed by atoms with van der Waals surface area (Å²) in [6, 6.07) is 5.38. The first kappa shape index (κ1) is 16.9. The van der Waals surface area contributed by atoms with E-state index in [2.05, 4.69) is 10.6 Å². The van der Waals surface area contributed by atoms with Gasteiger partial charge in [-0.15, -0.1) is 0 Å². The molecule has 2 heterocycles. The van der Waals surface area contributed by atoms with Crippen molar-refractivity contribution in [2.75, 3.05) is 30.0 Å². The Hall–Kier alpha value is -1.93. The van der Waals surface area contributed by atoms with Crippen LogP contribution in [-0.2, 0) is 19.6 Å². The van der Waals surface area contributed by atoms with Crippen LogP contribution in [0.3, 0.4) is 0 Å². The van der Waals surface area contributed by atoms with Gasteiger partial charge < -0.3 is 10.6 Å². The molecule has 1 unspecified atom stereocenters. The molecule has 1 fully saturated rings. The highest BCUT2D eigenvalue weighted by Gasteiger charge is 2.30. The zero-order valence-corrected chi connectivity index (χ0v) is 14.5. The number of amides is 2. The molecule has 24 heavy (non-hydrogen) atoms. The smallest absolute Gasteiger partial charge is 0.231 e. The molecule has 0 spiro atoms. The van der Waals surface area contributed by atoms with Crippen molar-refractivity contribution in [2.24, 2.45) is 5.92 Å². The number of carbonyl (C=O) groups excluding carboxylic acids is 2. The first-order valence-electron chi connectivity index (χ1n) is 7.96. The minimum atomic E-state index is -3.19. The fraction of sp³-hybridized carbons (Fsp3) is 0.500. The Balaban J connectivity index is 1.64. The van der Waals surface area contributed by atoms with E-state index in [0.29, 0.717) is 31.6 Å². The largest absolute Gasteiger partial charge is 0.326 e. The number of fused-ring (bicyclic) bond motifs is 1. The van der Waals surface area contributed by atoms with Crippen LogP contribution in [0.15, 0.2) is 18.2 Å². The predicted octanol–water partition coefficient (Wildman–Crippen LogP) is 1.35. The molecule has 8 heteroatoms. The second-order valence-electron chi connectivity index (χ2n) is 6.44. The fourth-order valence-electron chi connectivity index (χ4n) is 3.19. The number of carbonyl (C=O) groups is 2. The van der Waals surface area contributed by atoms with Gasteiger partial charge in [-0.05, 0) is 43.5 Å². The van der Waals surface area contributed by atoms with Crippen LogP contribution in [0, 0.1) is 5.92 Å². The van der Waals surface area contributed by atoms with E-state index in [0.717, 1.165) is 11.3 Å². The van der Waals surface area contributed by atoms with E-state index in [4.69, 9.17) is 0 Å². The van der Waals surface area contributed by atoms with Crippen LogP contribution in [0.2, 0.25) is 0 Å². The maximum Gasteiger partial charge on any atom is 0.231 e. The third-order valence-electron chi connectivity index (χ3n) is 4.73. The summed E-state index contributed by atoms with van der Waals surface area (Å²) in [6.45, 7) is 2.57. The second kappa shape index (κ2) is 6.18. The number of anilines is 2. The highest BCUT2D eigenvalue weighted by atomic mass is 32.2.